The largest absolute Gasteiger partial charge is 0.481 e. The number of aromatic nitrogens is 1. The molecule has 0 spiro atoms. The first-order valence-corrected chi connectivity index (χ1v) is 6.61. The molecule has 0 aliphatic carbocycles. The van der Waals surface area contributed by atoms with Gasteiger partial charge in [-0.1, -0.05) is 25.1 Å². The van der Waals surface area contributed by atoms with Gasteiger partial charge in [0.1, 0.15) is 0 Å². The van der Waals surface area contributed by atoms with Crippen molar-refractivity contribution in [2.45, 2.75) is 13.8 Å². The number of pyridine rings is 1. The molecule has 0 saturated carbocycles. The Morgan fingerprint density at radius 3 is 2.76 bits per heavy atom. The predicted molar refractivity (Wildman–Crippen MR) is 80.3 cm³/mol. The molecule has 3 N–H and O–H groups in total. The van der Waals surface area contributed by atoms with Crippen LogP contribution in [0.3, 0.4) is 0 Å². The first-order chi connectivity index (χ1) is 9.97. The summed E-state index contributed by atoms with van der Waals surface area (Å²) < 4.78 is 0. The molecule has 2 aromatic rings. The number of nitrogens with zero attached hydrogens (tertiary/aromatic N) is 1. The summed E-state index contributed by atoms with van der Waals surface area (Å²) in [6.45, 7) is 3.48. The average Bonchev–Trinajstić information content (AvgIpc) is 2.45. The maximum atomic E-state index is 11.8. The van der Waals surface area contributed by atoms with Crippen LogP contribution in [0.15, 0.2) is 30.3 Å². The number of anilines is 1. The SMILES string of the molecule is Cc1ccc2cccc(NC(=O)NCC(C)C(=O)O)c2n1. The van der Waals surface area contributed by atoms with E-state index < -0.39 is 17.9 Å². The van der Waals surface area contributed by atoms with Crippen LogP contribution in [0.2, 0.25) is 0 Å². The average molecular weight is 287 g/mol. The van der Waals surface area contributed by atoms with Crippen molar-refractivity contribution in [1.29, 1.82) is 0 Å². The van der Waals surface area contributed by atoms with Gasteiger partial charge < -0.3 is 15.7 Å². The van der Waals surface area contributed by atoms with Crippen LogP contribution >= 0.6 is 0 Å². The number of benzene rings is 1. The van der Waals surface area contributed by atoms with E-state index in [0.29, 0.717) is 11.2 Å². The van der Waals surface area contributed by atoms with Crippen molar-refractivity contribution in [3.05, 3.63) is 36.0 Å². The maximum Gasteiger partial charge on any atom is 0.319 e. The molecule has 1 aromatic carbocycles. The molecule has 21 heavy (non-hydrogen) atoms. The second-order valence-corrected chi connectivity index (χ2v) is 4.90. The van der Waals surface area contributed by atoms with Crippen molar-refractivity contribution < 1.29 is 14.7 Å². The Bertz CT molecular complexity index is 685. The van der Waals surface area contributed by atoms with Crippen LogP contribution in [-0.4, -0.2) is 28.6 Å². The van der Waals surface area contributed by atoms with Crippen molar-refractivity contribution in [3.63, 3.8) is 0 Å². The molecular formula is C15H17N3O3. The number of urea groups is 1. The summed E-state index contributed by atoms with van der Waals surface area (Å²) in [5, 5.41) is 14.9. The molecule has 6 heteroatoms. The Balaban J connectivity index is 2.11. The highest BCUT2D eigenvalue weighted by Crippen LogP contribution is 2.21. The van der Waals surface area contributed by atoms with Gasteiger partial charge in [-0.05, 0) is 19.1 Å². The Morgan fingerprint density at radius 2 is 2.05 bits per heavy atom. The topological polar surface area (TPSA) is 91.3 Å². The van der Waals surface area contributed by atoms with Crippen molar-refractivity contribution in [2.75, 3.05) is 11.9 Å². The van der Waals surface area contributed by atoms with E-state index in [-0.39, 0.29) is 6.54 Å². The molecule has 1 unspecified atom stereocenters. The second kappa shape index (κ2) is 6.21. The summed E-state index contributed by atoms with van der Waals surface area (Å²) in [6.07, 6.45) is 0. The highest BCUT2D eigenvalue weighted by Gasteiger charge is 2.12. The zero-order chi connectivity index (χ0) is 15.4. The minimum atomic E-state index is -0.947. The number of amides is 2. The molecule has 0 radical (unpaired) electrons. The molecule has 2 rings (SSSR count). The maximum absolute atomic E-state index is 11.8. The van der Waals surface area contributed by atoms with Crippen LogP contribution in [0.25, 0.3) is 10.9 Å². The molecule has 0 bridgehead atoms. The number of carboxylic acids is 1. The van der Waals surface area contributed by atoms with Gasteiger partial charge in [0, 0.05) is 17.6 Å². The van der Waals surface area contributed by atoms with Crippen LogP contribution < -0.4 is 10.6 Å². The predicted octanol–water partition coefficient (Wildman–Crippen LogP) is 2.39. The minimum absolute atomic E-state index is 0.0678. The van der Waals surface area contributed by atoms with Crippen LogP contribution in [0.5, 0.6) is 0 Å². The number of aliphatic carboxylic acids is 1. The van der Waals surface area contributed by atoms with E-state index in [2.05, 4.69) is 15.6 Å². The summed E-state index contributed by atoms with van der Waals surface area (Å²) >= 11 is 0. The third-order valence-electron chi connectivity index (χ3n) is 3.10. The van der Waals surface area contributed by atoms with E-state index in [1.165, 1.54) is 6.92 Å². The van der Waals surface area contributed by atoms with E-state index in [1.807, 2.05) is 31.2 Å². The molecule has 0 fully saturated rings. The standard InChI is InChI=1S/C15H17N3O3/c1-9(14(19)20)8-16-15(21)18-12-5-3-4-11-7-6-10(2)17-13(11)12/h3-7,9H,8H2,1-2H3,(H,19,20)(H2,16,18,21). The smallest absolute Gasteiger partial charge is 0.319 e. The van der Waals surface area contributed by atoms with Gasteiger partial charge in [0.2, 0.25) is 0 Å². The fourth-order valence-corrected chi connectivity index (χ4v) is 1.85. The fourth-order valence-electron chi connectivity index (χ4n) is 1.85. The van der Waals surface area contributed by atoms with Crippen molar-refractivity contribution >= 4 is 28.6 Å². The van der Waals surface area contributed by atoms with E-state index in [0.717, 1.165) is 11.1 Å². The Kier molecular flexibility index (Phi) is 4.37. The lowest BCUT2D eigenvalue weighted by molar-refractivity contribution is -0.140. The van der Waals surface area contributed by atoms with Gasteiger partial charge in [-0.3, -0.25) is 9.78 Å². The number of carbonyl (C=O) groups is 2. The number of hydrogen-bond donors (Lipinski definition) is 3. The van der Waals surface area contributed by atoms with E-state index in [4.69, 9.17) is 5.11 Å². The first-order valence-electron chi connectivity index (χ1n) is 6.61. The third-order valence-corrected chi connectivity index (χ3v) is 3.10. The van der Waals surface area contributed by atoms with Crippen LogP contribution in [-0.2, 0) is 4.79 Å². The molecule has 6 nitrogen and oxygen atoms in total. The van der Waals surface area contributed by atoms with Gasteiger partial charge in [0.15, 0.2) is 0 Å². The Morgan fingerprint density at radius 1 is 1.29 bits per heavy atom. The van der Waals surface area contributed by atoms with Gasteiger partial charge in [-0.2, -0.15) is 0 Å². The lowest BCUT2D eigenvalue weighted by Gasteiger charge is -2.11. The van der Waals surface area contributed by atoms with Gasteiger partial charge in [0.05, 0.1) is 17.1 Å². The Hall–Kier alpha value is -2.63. The molecule has 1 atom stereocenters. The first kappa shape index (κ1) is 14.8. The van der Waals surface area contributed by atoms with Crippen molar-refractivity contribution in [3.8, 4) is 0 Å². The van der Waals surface area contributed by atoms with Gasteiger partial charge in [-0.15, -0.1) is 0 Å². The van der Waals surface area contributed by atoms with Gasteiger partial charge >= 0.3 is 12.0 Å². The highest BCUT2D eigenvalue weighted by molar-refractivity contribution is 5.99. The fraction of sp³-hybridized carbons (Fsp3) is 0.267. The molecule has 1 aromatic heterocycles. The molecular weight excluding hydrogens is 270 g/mol. The van der Waals surface area contributed by atoms with Gasteiger partial charge in [0.25, 0.3) is 0 Å². The van der Waals surface area contributed by atoms with Crippen LogP contribution in [0.4, 0.5) is 10.5 Å². The molecule has 2 amide bonds. The summed E-state index contributed by atoms with van der Waals surface area (Å²) in [7, 11) is 0. The number of carboxylic acid groups (broad SMARTS) is 1. The number of rotatable bonds is 4. The van der Waals surface area contributed by atoms with E-state index in [9.17, 15) is 9.59 Å². The lowest BCUT2D eigenvalue weighted by atomic mass is 10.1. The third kappa shape index (κ3) is 3.68. The molecule has 0 saturated heterocycles. The molecule has 0 aliphatic rings. The number of carbonyl (C=O) groups excluding carboxylic acids is 1. The number of hydrogen-bond acceptors (Lipinski definition) is 3. The molecule has 0 aliphatic heterocycles. The Labute approximate surface area is 122 Å². The highest BCUT2D eigenvalue weighted by atomic mass is 16.4. The minimum Gasteiger partial charge on any atom is -0.481 e. The zero-order valence-electron chi connectivity index (χ0n) is 11.9. The van der Waals surface area contributed by atoms with E-state index >= 15 is 0 Å². The van der Waals surface area contributed by atoms with Gasteiger partial charge in [-0.25, -0.2) is 4.79 Å². The van der Waals surface area contributed by atoms with Crippen LogP contribution in [0, 0.1) is 12.8 Å². The monoisotopic (exact) mass is 287 g/mol. The second-order valence-electron chi connectivity index (χ2n) is 4.90. The van der Waals surface area contributed by atoms with Crippen molar-refractivity contribution in [2.24, 2.45) is 5.92 Å². The lowest BCUT2D eigenvalue weighted by Crippen LogP contribution is -2.34. The molecule has 1 heterocycles. The van der Waals surface area contributed by atoms with Crippen LogP contribution in [0.1, 0.15) is 12.6 Å². The number of para-hydroxylation sites is 1. The number of fused-ring (bicyclic) bond motifs is 1. The molecule has 110 valence electrons. The van der Waals surface area contributed by atoms with Crippen molar-refractivity contribution in [1.82, 2.24) is 10.3 Å². The summed E-state index contributed by atoms with van der Waals surface area (Å²) in [5.41, 5.74) is 2.16. The normalized spacial score (nSPS) is 11.9. The number of nitrogens with one attached hydrogen (secondary N) is 2. The summed E-state index contributed by atoms with van der Waals surface area (Å²) in [4.78, 5) is 26.9. The summed E-state index contributed by atoms with van der Waals surface area (Å²) in [5.74, 6) is -1.58. The number of aryl methyl sites for hydroxylation is 1. The zero-order valence-corrected chi connectivity index (χ0v) is 11.9. The summed E-state index contributed by atoms with van der Waals surface area (Å²) in [6, 6.07) is 8.90. The van der Waals surface area contributed by atoms with E-state index in [1.54, 1.807) is 6.07 Å². The quantitative estimate of drug-likeness (QED) is 0.805.